The van der Waals surface area contributed by atoms with Crippen LogP contribution in [0, 0.1) is 29.6 Å². The Morgan fingerprint density at radius 2 is 1.41 bits per heavy atom. The van der Waals surface area contributed by atoms with Crippen molar-refractivity contribution < 1.29 is 19.0 Å². The first-order valence-corrected chi connectivity index (χ1v) is 14.1. The third kappa shape index (κ3) is 6.04. The first kappa shape index (κ1) is 25.9. The molecule has 0 radical (unpaired) electrons. The van der Waals surface area contributed by atoms with Crippen LogP contribution in [0.5, 0.6) is 5.75 Å². The highest BCUT2D eigenvalue weighted by molar-refractivity contribution is 5.89. The van der Waals surface area contributed by atoms with Crippen LogP contribution in [0.4, 0.5) is 0 Å². The molecule has 2 aromatic carbocycles. The summed E-state index contributed by atoms with van der Waals surface area (Å²) in [6.07, 6.45) is 12.8. The maximum Gasteiger partial charge on any atom is 0.337 e. The second-order valence-electron chi connectivity index (χ2n) is 11.5. The highest BCUT2D eigenvalue weighted by Crippen LogP contribution is 2.62. The van der Waals surface area contributed by atoms with Gasteiger partial charge in [0.25, 0.3) is 0 Å². The molecule has 0 saturated heterocycles. The number of methoxy groups -OCH3 is 2. The number of ether oxygens (including phenoxy) is 3. The van der Waals surface area contributed by atoms with Crippen molar-refractivity contribution in [1.29, 1.82) is 0 Å². The van der Waals surface area contributed by atoms with Crippen LogP contribution in [0.15, 0.2) is 42.5 Å². The van der Waals surface area contributed by atoms with E-state index in [0.29, 0.717) is 5.56 Å². The molecule has 0 atom stereocenters. The number of hydrogen-bond donors (Lipinski definition) is 0. The second kappa shape index (κ2) is 11.7. The van der Waals surface area contributed by atoms with E-state index >= 15 is 0 Å². The predicted molar refractivity (Wildman–Crippen MR) is 146 cm³/mol. The maximum absolute atomic E-state index is 11.7. The Kier molecular flexibility index (Phi) is 8.20. The minimum absolute atomic E-state index is 0.252. The first-order chi connectivity index (χ1) is 18.1. The van der Waals surface area contributed by atoms with Gasteiger partial charge in [-0.3, -0.25) is 0 Å². The summed E-state index contributed by atoms with van der Waals surface area (Å²) in [6.45, 7) is 1.61. The molecular formula is C33H40O4. The molecule has 4 heteroatoms. The molecule has 37 heavy (non-hydrogen) atoms. The molecule has 196 valence electrons. The topological polar surface area (TPSA) is 44.8 Å². The van der Waals surface area contributed by atoms with Crippen molar-refractivity contribution in [3.63, 3.8) is 0 Å². The average molecular weight is 501 g/mol. The van der Waals surface area contributed by atoms with E-state index in [0.717, 1.165) is 60.7 Å². The molecule has 2 aromatic rings. The van der Waals surface area contributed by atoms with Gasteiger partial charge >= 0.3 is 5.97 Å². The average Bonchev–Trinajstić information content (AvgIpc) is 2.91. The van der Waals surface area contributed by atoms with E-state index in [1.807, 2.05) is 12.1 Å². The molecule has 4 saturated carbocycles. The summed E-state index contributed by atoms with van der Waals surface area (Å²) in [7, 11) is 3.16. The third-order valence-electron chi connectivity index (χ3n) is 8.75. The lowest BCUT2D eigenvalue weighted by Crippen LogP contribution is -2.48. The van der Waals surface area contributed by atoms with Gasteiger partial charge in [-0.1, -0.05) is 18.3 Å². The molecular weight excluding hydrogens is 460 g/mol. The summed E-state index contributed by atoms with van der Waals surface area (Å²) >= 11 is 0. The highest BCUT2D eigenvalue weighted by Gasteiger charge is 2.52. The number of rotatable bonds is 10. The maximum atomic E-state index is 11.7. The fourth-order valence-corrected chi connectivity index (χ4v) is 7.42. The van der Waals surface area contributed by atoms with Crippen LogP contribution >= 0.6 is 0 Å². The SMILES string of the molecule is COCCCCCCOc1ccc(C#Cc2ccc(C(=O)OC)cc2)cc1C12CC3CC(CC(C3)C1)C2. The van der Waals surface area contributed by atoms with E-state index in [1.54, 1.807) is 19.2 Å². The van der Waals surface area contributed by atoms with Crippen molar-refractivity contribution in [3.05, 3.63) is 64.7 Å². The summed E-state index contributed by atoms with van der Waals surface area (Å²) in [5.74, 6) is 10.1. The van der Waals surface area contributed by atoms with Gasteiger partial charge in [-0.15, -0.1) is 0 Å². The first-order valence-electron chi connectivity index (χ1n) is 14.1. The quantitative estimate of drug-likeness (QED) is 0.202. The Morgan fingerprint density at radius 3 is 2.03 bits per heavy atom. The Bertz CT molecular complexity index is 1100. The van der Waals surface area contributed by atoms with Crippen molar-refractivity contribution in [2.75, 3.05) is 27.4 Å². The van der Waals surface area contributed by atoms with Gasteiger partial charge in [0.15, 0.2) is 0 Å². The fourth-order valence-electron chi connectivity index (χ4n) is 7.42. The van der Waals surface area contributed by atoms with Crippen molar-refractivity contribution in [1.82, 2.24) is 0 Å². The molecule has 0 amide bonds. The van der Waals surface area contributed by atoms with E-state index < -0.39 is 0 Å². The summed E-state index contributed by atoms with van der Waals surface area (Å²) in [6, 6.07) is 13.9. The number of benzene rings is 2. The normalized spacial score (nSPS) is 25.4. The molecule has 4 aliphatic rings. The van der Waals surface area contributed by atoms with E-state index in [2.05, 4.69) is 30.0 Å². The zero-order valence-corrected chi connectivity index (χ0v) is 22.4. The molecule has 0 spiro atoms. The molecule has 0 aliphatic heterocycles. The van der Waals surface area contributed by atoms with Gasteiger partial charge in [0.2, 0.25) is 0 Å². The molecule has 4 fully saturated rings. The van der Waals surface area contributed by atoms with Gasteiger partial charge in [0.1, 0.15) is 5.75 Å². The molecule has 4 bridgehead atoms. The Balaban J connectivity index is 1.35. The van der Waals surface area contributed by atoms with E-state index in [9.17, 15) is 4.79 Å². The standard InChI is InChI=1S/C33H40O4/c1-35-15-5-3-4-6-16-37-31-14-11-25(8-7-24-9-12-29(13-10-24)32(34)36-2)20-30(31)33-21-26-17-27(22-33)19-28(18-26)23-33/h9-14,20,26-28H,3-6,15-19,21-23H2,1-2H3. The van der Waals surface area contributed by atoms with E-state index in [1.165, 1.54) is 64.0 Å². The van der Waals surface area contributed by atoms with E-state index in [4.69, 9.17) is 14.2 Å². The van der Waals surface area contributed by atoms with Crippen molar-refractivity contribution in [2.45, 2.75) is 69.6 Å². The number of unbranched alkanes of at least 4 members (excludes halogenated alkanes) is 3. The summed E-state index contributed by atoms with van der Waals surface area (Å²) in [5, 5.41) is 0. The Hall–Kier alpha value is -2.77. The fraction of sp³-hybridized carbons (Fsp3) is 0.545. The Morgan fingerprint density at radius 1 is 0.811 bits per heavy atom. The van der Waals surface area contributed by atoms with Crippen molar-refractivity contribution >= 4 is 5.97 Å². The lowest BCUT2D eigenvalue weighted by molar-refractivity contribution is -0.00641. The van der Waals surface area contributed by atoms with Crippen LogP contribution in [-0.2, 0) is 14.9 Å². The van der Waals surface area contributed by atoms with E-state index in [-0.39, 0.29) is 11.4 Å². The summed E-state index contributed by atoms with van der Waals surface area (Å²) < 4.78 is 16.4. The second-order valence-corrected chi connectivity index (χ2v) is 11.5. The van der Waals surface area contributed by atoms with Crippen LogP contribution in [0.25, 0.3) is 0 Å². The minimum atomic E-state index is -0.328. The molecule has 6 rings (SSSR count). The van der Waals surface area contributed by atoms with Gasteiger partial charge in [0, 0.05) is 30.4 Å². The molecule has 4 aliphatic carbocycles. The van der Waals surface area contributed by atoms with Crippen LogP contribution in [0.2, 0.25) is 0 Å². The van der Waals surface area contributed by atoms with Gasteiger partial charge < -0.3 is 14.2 Å². The van der Waals surface area contributed by atoms with Gasteiger partial charge in [-0.05, 0) is 123 Å². The zero-order valence-electron chi connectivity index (χ0n) is 22.4. The lowest BCUT2D eigenvalue weighted by atomic mass is 9.48. The van der Waals surface area contributed by atoms with Gasteiger partial charge in [-0.25, -0.2) is 4.79 Å². The van der Waals surface area contributed by atoms with Crippen LogP contribution in [-0.4, -0.2) is 33.4 Å². The molecule has 0 heterocycles. The van der Waals surface area contributed by atoms with Crippen LogP contribution in [0.1, 0.15) is 91.3 Å². The number of carbonyl (C=O) groups is 1. The summed E-state index contributed by atoms with van der Waals surface area (Å²) in [5.41, 5.74) is 4.12. The van der Waals surface area contributed by atoms with Crippen molar-refractivity contribution in [3.8, 4) is 17.6 Å². The number of esters is 1. The highest BCUT2D eigenvalue weighted by atomic mass is 16.5. The molecule has 0 N–H and O–H groups in total. The van der Waals surface area contributed by atoms with Gasteiger partial charge in [0.05, 0.1) is 19.3 Å². The summed E-state index contributed by atoms with van der Waals surface area (Å²) in [4.78, 5) is 11.7. The van der Waals surface area contributed by atoms with Crippen LogP contribution in [0.3, 0.4) is 0 Å². The van der Waals surface area contributed by atoms with Crippen molar-refractivity contribution in [2.24, 2.45) is 17.8 Å². The molecule has 0 aromatic heterocycles. The number of carbonyl (C=O) groups excluding carboxylic acids is 1. The third-order valence-corrected chi connectivity index (χ3v) is 8.75. The lowest BCUT2D eigenvalue weighted by Gasteiger charge is -2.57. The molecule has 4 nitrogen and oxygen atoms in total. The predicted octanol–water partition coefficient (Wildman–Crippen LogP) is 6.93. The smallest absolute Gasteiger partial charge is 0.337 e. The monoisotopic (exact) mass is 500 g/mol. The van der Waals surface area contributed by atoms with Crippen LogP contribution < -0.4 is 4.74 Å². The van der Waals surface area contributed by atoms with Gasteiger partial charge in [-0.2, -0.15) is 0 Å². The Labute approximate surface area is 222 Å². The minimum Gasteiger partial charge on any atom is -0.493 e. The molecule has 0 unspecified atom stereocenters. The number of hydrogen-bond acceptors (Lipinski definition) is 4. The largest absolute Gasteiger partial charge is 0.493 e. The zero-order chi connectivity index (χ0) is 25.7.